The monoisotopic (exact) mass is 476 g/mol. The van der Waals surface area contributed by atoms with Crippen LogP contribution in [0.2, 0.25) is 0 Å². The Hall–Kier alpha value is -2.65. The molecule has 1 aliphatic rings. The van der Waals surface area contributed by atoms with E-state index in [9.17, 15) is 19.7 Å². The van der Waals surface area contributed by atoms with E-state index < -0.39 is 16.1 Å². The van der Waals surface area contributed by atoms with Crippen LogP contribution in [0.5, 0.6) is 5.75 Å². The fourth-order valence-electron chi connectivity index (χ4n) is 2.75. The number of benzene rings is 2. The third-order valence-electron chi connectivity index (χ3n) is 4.11. The maximum absolute atomic E-state index is 12.8. The number of nitro benzene ring substituents is 1. The lowest BCUT2D eigenvalue weighted by Crippen LogP contribution is -2.27. The second-order valence-electron chi connectivity index (χ2n) is 6.18. The van der Waals surface area contributed by atoms with Gasteiger partial charge in [-0.1, -0.05) is 41.1 Å². The van der Waals surface area contributed by atoms with E-state index in [4.69, 9.17) is 4.74 Å². The van der Waals surface area contributed by atoms with Crippen LogP contribution in [-0.2, 0) is 11.3 Å². The fraction of sp³-hybridized carbons (Fsp3) is 0.200. The lowest BCUT2D eigenvalue weighted by atomic mass is 10.1. The molecule has 0 unspecified atom stereocenters. The number of imide groups is 1. The van der Waals surface area contributed by atoms with E-state index in [1.165, 1.54) is 12.1 Å². The number of hydrogen-bond donors (Lipinski definition) is 0. The average molecular weight is 477 g/mol. The van der Waals surface area contributed by atoms with E-state index in [0.29, 0.717) is 23.5 Å². The SMILES string of the molecule is CCCOc1ccc(Br)cc1/C=C1/SC(=O)N(Cc2ccccc2[N+](=O)[O-])C1=O. The Balaban J connectivity index is 1.88. The number of halogens is 1. The average Bonchev–Trinajstić information content (AvgIpc) is 2.95. The predicted octanol–water partition coefficient (Wildman–Crippen LogP) is 5.38. The van der Waals surface area contributed by atoms with Crippen LogP contribution in [0.25, 0.3) is 6.08 Å². The van der Waals surface area contributed by atoms with Gasteiger partial charge in [0.2, 0.25) is 0 Å². The highest BCUT2D eigenvalue weighted by Crippen LogP contribution is 2.36. The van der Waals surface area contributed by atoms with Crippen molar-refractivity contribution in [2.75, 3.05) is 6.61 Å². The molecule has 2 aromatic carbocycles. The van der Waals surface area contributed by atoms with Gasteiger partial charge in [-0.05, 0) is 42.5 Å². The third-order valence-corrected chi connectivity index (χ3v) is 5.51. The number of carbonyl (C=O) groups excluding carboxylic acids is 2. The van der Waals surface area contributed by atoms with Crippen LogP contribution in [0.15, 0.2) is 51.8 Å². The van der Waals surface area contributed by atoms with Crippen molar-refractivity contribution in [1.82, 2.24) is 4.90 Å². The molecule has 0 radical (unpaired) electrons. The molecule has 0 saturated carbocycles. The van der Waals surface area contributed by atoms with Crippen molar-refractivity contribution in [3.8, 4) is 5.75 Å². The summed E-state index contributed by atoms with van der Waals surface area (Å²) >= 11 is 4.21. The number of ether oxygens (including phenoxy) is 1. The largest absolute Gasteiger partial charge is 0.493 e. The van der Waals surface area contributed by atoms with Crippen LogP contribution in [0.1, 0.15) is 24.5 Å². The van der Waals surface area contributed by atoms with Gasteiger partial charge in [0.15, 0.2) is 0 Å². The topological polar surface area (TPSA) is 89.8 Å². The van der Waals surface area contributed by atoms with Gasteiger partial charge in [0.25, 0.3) is 16.8 Å². The number of hydrogen-bond acceptors (Lipinski definition) is 6. The van der Waals surface area contributed by atoms with Crippen molar-refractivity contribution in [3.05, 3.63) is 73.1 Å². The van der Waals surface area contributed by atoms with Crippen LogP contribution in [0, 0.1) is 10.1 Å². The molecule has 3 rings (SSSR count). The molecule has 0 spiro atoms. The zero-order valence-corrected chi connectivity index (χ0v) is 17.9. The molecule has 0 N–H and O–H groups in total. The summed E-state index contributed by atoms with van der Waals surface area (Å²) in [5.41, 5.74) is 0.845. The van der Waals surface area contributed by atoms with E-state index in [-0.39, 0.29) is 17.1 Å². The number of carbonyl (C=O) groups is 2. The van der Waals surface area contributed by atoms with Crippen LogP contribution in [0.3, 0.4) is 0 Å². The van der Waals surface area contributed by atoms with E-state index in [2.05, 4.69) is 15.9 Å². The maximum atomic E-state index is 12.8. The smallest absolute Gasteiger partial charge is 0.293 e. The molecule has 1 fully saturated rings. The Morgan fingerprint density at radius 1 is 1.24 bits per heavy atom. The van der Waals surface area contributed by atoms with Crippen molar-refractivity contribution in [3.63, 3.8) is 0 Å². The summed E-state index contributed by atoms with van der Waals surface area (Å²) in [6.45, 7) is 2.37. The summed E-state index contributed by atoms with van der Waals surface area (Å²) in [5.74, 6) is 0.125. The van der Waals surface area contributed by atoms with Gasteiger partial charge in [0.05, 0.1) is 23.0 Å². The van der Waals surface area contributed by atoms with Crippen molar-refractivity contribution >= 4 is 50.6 Å². The fourth-order valence-corrected chi connectivity index (χ4v) is 3.95. The van der Waals surface area contributed by atoms with Crippen LogP contribution in [0.4, 0.5) is 10.5 Å². The van der Waals surface area contributed by atoms with Gasteiger partial charge in [0.1, 0.15) is 5.75 Å². The normalized spacial score (nSPS) is 15.2. The Labute approximate surface area is 180 Å². The molecule has 0 aliphatic carbocycles. The van der Waals surface area contributed by atoms with Gasteiger partial charge in [-0.3, -0.25) is 24.6 Å². The summed E-state index contributed by atoms with van der Waals surface area (Å²) in [6.07, 6.45) is 2.45. The number of nitro groups is 1. The molecule has 2 aromatic rings. The molecular weight excluding hydrogens is 460 g/mol. The number of amides is 2. The zero-order valence-electron chi connectivity index (χ0n) is 15.5. The minimum Gasteiger partial charge on any atom is -0.493 e. The Morgan fingerprint density at radius 2 is 2.00 bits per heavy atom. The van der Waals surface area contributed by atoms with Crippen LogP contribution < -0.4 is 4.74 Å². The lowest BCUT2D eigenvalue weighted by Gasteiger charge is -2.12. The van der Waals surface area contributed by atoms with E-state index in [0.717, 1.165) is 27.6 Å². The molecule has 9 heteroatoms. The first-order valence-corrected chi connectivity index (χ1v) is 10.4. The van der Waals surface area contributed by atoms with E-state index in [1.807, 2.05) is 13.0 Å². The summed E-state index contributed by atoms with van der Waals surface area (Å²) in [4.78, 5) is 37.2. The molecule has 150 valence electrons. The molecule has 0 bridgehead atoms. The maximum Gasteiger partial charge on any atom is 0.293 e. The Morgan fingerprint density at radius 3 is 2.72 bits per heavy atom. The third kappa shape index (κ3) is 4.86. The quantitative estimate of drug-likeness (QED) is 0.302. The molecule has 0 aromatic heterocycles. The van der Waals surface area contributed by atoms with Gasteiger partial charge in [-0.25, -0.2) is 0 Å². The molecule has 2 amide bonds. The summed E-state index contributed by atoms with van der Waals surface area (Å²) in [7, 11) is 0. The van der Waals surface area contributed by atoms with Crippen LogP contribution in [-0.4, -0.2) is 27.6 Å². The van der Waals surface area contributed by atoms with Gasteiger partial charge >= 0.3 is 0 Å². The minimum atomic E-state index is -0.525. The van der Waals surface area contributed by atoms with Gasteiger partial charge in [0, 0.05) is 21.7 Å². The van der Waals surface area contributed by atoms with Crippen molar-refractivity contribution in [2.24, 2.45) is 0 Å². The molecule has 1 aliphatic heterocycles. The summed E-state index contributed by atoms with van der Waals surface area (Å²) < 4.78 is 6.53. The highest BCUT2D eigenvalue weighted by Gasteiger charge is 2.36. The Bertz CT molecular complexity index is 1010. The van der Waals surface area contributed by atoms with E-state index in [1.54, 1.807) is 30.3 Å². The Kier molecular flexibility index (Phi) is 6.71. The van der Waals surface area contributed by atoms with Gasteiger partial charge in [-0.2, -0.15) is 0 Å². The minimum absolute atomic E-state index is 0.127. The summed E-state index contributed by atoms with van der Waals surface area (Å²) in [6, 6.07) is 11.5. The van der Waals surface area contributed by atoms with Crippen molar-refractivity contribution < 1.29 is 19.2 Å². The van der Waals surface area contributed by atoms with Crippen LogP contribution >= 0.6 is 27.7 Å². The first-order chi connectivity index (χ1) is 13.9. The first kappa shape index (κ1) is 21.1. The molecular formula is C20H17BrN2O5S. The number of thioether (sulfide) groups is 1. The first-order valence-electron chi connectivity index (χ1n) is 8.80. The summed E-state index contributed by atoms with van der Waals surface area (Å²) in [5, 5.41) is 10.7. The second kappa shape index (κ2) is 9.23. The van der Waals surface area contributed by atoms with Crippen molar-refractivity contribution in [1.29, 1.82) is 0 Å². The second-order valence-corrected chi connectivity index (χ2v) is 8.09. The highest BCUT2D eigenvalue weighted by atomic mass is 79.9. The van der Waals surface area contributed by atoms with Crippen molar-refractivity contribution in [2.45, 2.75) is 19.9 Å². The highest BCUT2D eigenvalue weighted by molar-refractivity contribution is 9.10. The zero-order chi connectivity index (χ0) is 21.0. The molecule has 0 atom stereocenters. The molecule has 29 heavy (non-hydrogen) atoms. The number of rotatable bonds is 7. The standard InChI is InChI=1S/C20H17BrN2O5S/c1-2-9-28-17-8-7-15(21)10-14(17)11-18-19(24)22(20(25)29-18)12-13-5-3-4-6-16(13)23(26)27/h3-8,10-11H,2,9,12H2,1H3/b18-11+. The molecule has 1 saturated heterocycles. The molecule has 1 heterocycles. The predicted molar refractivity (Wildman–Crippen MR) is 115 cm³/mol. The molecule has 7 nitrogen and oxygen atoms in total. The van der Waals surface area contributed by atoms with Gasteiger partial charge < -0.3 is 4.74 Å². The number of para-hydroxylation sites is 1. The van der Waals surface area contributed by atoms with Gasteiger partial charge in [-0.15, -0.1) is 0 Å². The number of nitrogens with zero attached hydrogens (tertiary/aromatic N) is 2. The van der Waals surface area contributed by atoms with E-state index >= 15 is 0 Å². The lowest BCUT2D eigenvalue weighted by molar-refractivity contribution is -0.385.